The molecule has 0 aromatic heterocycles. The minimum absolute atomic E-state index is 0.0133. The van der Waals surface area contributed by atoms with Crippen molar-refractivity contribution in [3.63, 3.8) is 0 Å². The second-order valence-corrected chi connectivity index (χ2v) is 4.68. The van der Waals surface area contributed by atoms with Crippen LogP contribution in [0.2, 0.25) is 0 Å². The van der Waals surface area contributed by atoms with Crippen LogP contribution in [0.15, 0.2) is 41.3 Å². The summed E-state index contributed by atoms with van der Waals surface area (Å²) in [7, 11) is -4.37. The maximum Gasteiger partial charge on any atom is 0.295 e. The first-order chi connectivity index (χ1) is 7.54. The Morgan fingerprint density at radius 1 is 1.06 bits per heavy atom. The largest absolute Gasteiger partial charge is 0.298 e. The van der Waals surface area contributed by atoms with Gasteiger partial charge in [0.05, 0.1) is 0 Å². The summed E-state index contributed by atoms with van der Waals surface area (Å²) < 4.78 is 31.1. The maximum absolute atomic E-state index is 11.1. The highest BCUT2D eigenvalue weighted by Gasteiger charge is 2.16. The highest BCUT2D eigenvalue weighted by Crippen LogP contribution is 2.24. The molecule has 0 atom stereocenters. The highest BCUT2D eigenvalue weighted by molar-refractivity contribution is 7.86. The van der Waals surface area contributed by atoms with Crippen molar-refractivity contribution in [1.82, 2.24) is 0 Å². The number of carbonyl (C=O) groups is 1. The topological polar surface area (TPSA) is 71.4 Å². The second kappa shape index (κ2) is 3.70. The SMILES string of the molecule is O=Cc1c(S(=O)(=O)O)ccc2ccccc12. The average Bonchev–Trinajstić information content (AvgIpc) is 2.26. The molecule has 0 aliphatic heterocycles. The molecule has 1 N–H and O–H groups in total. The lowest BCUT2D eigenvalue weighted by Gasteiger charge is -2.05. The van der Waals surface area contributed by atoms with E-state index in [2.05, 4.69) is 0 Å². The quantitative estimate of drug-likeness (QED) is 0.638. The van der Waals surface area contributed by atoms with E-state index in [0.29, 0.717) is 11.7 Å². The summed E-state index contributed by atoms with van der Waals surface area (Å²) in [6.07, 6.45) is 0.436. The number of fused-ring (bicyclic) bond motifs is 1. The van der Waals surface area contributed by atoms with Crippen LogP contribution in [0.1, 0.15) is 10.4 Å². The van der Waals surface area contributed by atoms with Crippen molar-refractivity contribution in [2.75, 3.05) is 0 Å². The Hall–Kier alpha value is -1.72. The van der Waals surface area contributed by atoms with Crippen molar-refractivity contribution in [3.05, 3.63) is 42.0 Å². The molecule has 5 heteroatoms. The Kier molecular flexibility index (Phi) is 2.49. The zero-order chi connectivity index (χ0) is 11.8. The van der Waals surface area contributed by atoms with Gasteiger partial charge in [0.2, 0.25) is 0 Å². The fourth-order valence-corrected chi connectivity index (χ4v) is 2.30. The van der Waals surface area contributed by atoms with Gasteiger partial charge in [0, 0.05) is 5.56 Å². The molecule has 4 nitrogen and oxygen atoms in total. The van der Waals surface area contributed by atoms with Crippen LogP contribution < -0.4 is 0 Å². The monoisotopic (exact) mass is 236 g/mol. The van der Waals surface area contributed by atoms with E-state index in [1.165, 1.54) is 6.07 Å². The molecule has 0 saturated carbocycles. The minimum Gasteiger partial charge on any atom is -0.298 e. The van der Waals surface area contributed by atoms with Crippen molar-refractivity contribution in [2.24, 2.45) is 0 Å². The molecule has 2 aromatic carbocycles. The molecule has 0 saturated heterocycles. The van der Waals surface area contributed by atoms with E-state index in [0.717, 1.165) is 5.39 Å². The predicted molar refractivity (Wildman–Crippen MR) is 59.2 cm³/mol. The summed E-state index contributed by atoms with van der Waals surface area (Å²) in [5.74, 6) is 0. The van der Waals surface area contributed by atoms with Crippen LogP contribution >= 0.6 is 0 Å². The van der Waals surface area contributed by atoms with Gasteiger partial charge in [0.25, 0.3) is 10.1 Å². The molecule has 0 fully saturated rings. The normalized spacial score (nSPS) is 11.6. The Morgan fingerprint density at radius 2 is 1.75 bits per heavy atom. The molecule has 0 unspecified atom stereocenters. The summed E-state index contributed by atoms with van der Waals surface area (Å²) in [6.45, 7) is 0. The van der Waals surface area contributed by atoms with Crippen LogP contribution in [0.25, 0.3) is 10.8 Å². The summed E-state index contributed by atoms with van der Waals surface area (Å²) in [4.78, 5) is 10.6. The van der Waals surface area contributed by atoms with Crippen LogP contribution in [-0.4, -0.2) is 19.3 Å². The van der Waals surface area contributed by atoms with Gasteiger partial charge in [-0.3, -0.25) is 9.35 Å². The lowest BCUT2D eigenvalue weighted by molar-refractivity contribution is 0.112. The fourth-order valence-electron chi connectivity index (χ4n) is 1.62. The third-order valence-electron chi connectivity index (χ3n) is 2.33. The van der Waals surface area contributed by atoms with Crippen LogP contribution in [0, 0.1) is 0 Å². The van der Waals surface area contributed by atoms with Gasteiger partial charge in [0.1, 0.15) is 4.90 Å². The highest BCUT2D eigenvalue weighted by atomic mass is 32.2. The van der Waals surface area contributed by atoms with Crippen molar-refractivity contribution in [2.45, 2.75) is 4.90 Å². The van der Waals surface area contributed by atoms with Gasteiger partial charge in [-0.15, -0.1) is 0 Å². The molecule has 0 aliphatic rings. The zero-order valence-electron chi connectivity index (χ0n) is 8.12. The minimum atomic E-state index is -4.37. The van der Waals surface area contributed by atoms with Crippen molar-refractivity contribution in [1.29, 1.82) is 0 Å². The lowest BCUT2D eigenvalue weighted by atomic mass is 10.1. The molecule has 0 spiro atoms. The first-order valence-corrected chi connectivity index (χ1v) is 5.92. The van der Waals surface area contributed by atoms with E-state index in [1.54, 1.807) is 30.3 Å². The number of carbonyl (C=O) groups excluding carboxylic acids is 1. The molecule has 0 radical (unpaired) electrons. The summed E-state index contributed by atoms with van der Waals surface area (Å²) in [5.41, 5.74) is -0.0133. The van der Waals surface area contributed by atoms with Crippen LogP contribution in [0.3, 0.4) is 0 Å². The number of hydrogen-bond donors (Lipinski definition) is 1. The number of aldehydes is 1. The third kappa shape index (κ3) is 1.70. The molecule has 0 bridgehead atoms. The maximum atomic E-state index is 11.1. The van der Waals surface area contributed by atoms with Gasteiger partial charge >= 0.3 is 0 Å². The molecular formula is C11H8O4S. The van der Waals surface area contributed by atoms with E-state index >= 15 is 0 Å². The van der Waals surface area contributed by atoms with Gasteiger partial charge in [0.15, 0.2) is 6.29 Å². The van der Waals surface area contributed by atoms with Crippen molar-refractivity contribution in [3.8, 4) is 0 Å². The summed E-state index contributed by atoms with van der Waals surface area (Å²) in [6, 6.07) is 9.64. The Morgan fingerprint density at radius 3 is 2.38 bits per heavy atom. The molecule has 82 valence electrons. The molecule has 0 amide bonds. The van der Waals surface area contributed by atoms with E-state index < -0.39 is 10.1 Å². The Balaban J connectivity index is 2.94. The van der Waals surface area contributed by atoms with Crippen molar-refractivity contribution >= 4 is 27.2 Å². The molecule has 0 aliphatic carbocycles. The zero-order valence-corrected chi connectivity index (χ0v) is 8.94. The molecule has 16 heavy (non-hydrogen) atoms. The van der Waals surface area contributed by atoms with E-state index in [1.807, 2.05) is 0 Å². The summed E-state index contributed by atoms with van der Waals surface area (Å²) >= 11 is 0. The fraction of sp³-hybridized carbons (Fsp3) is 0. The first kappa shape index (κ1) is 10.8. The number of hydrogen-bond acceptors (Lipinski definition) is 3. The van der Waals surface area contributed by atoms with Gasteiger partial charge < -0.3 is 0 Å². The van der Waals surface area contributed by atoms with Crippen LogP contribution in [-0.2, 0) is 10.1 Å². The molecule has 0 heterocycles. The molecule has 2 rings (SSSR count). The van der Waals surface area contributed by atoms with E-state index in [4.69, 9.17) is 4.55 Å². The molecule has 2 aromatic rings. The Labute approximate surface area is 92.3 Å². The third-order valence-corrected chi connectivity index (χ3v) is 3.24. The summed E-state index contributed by atoms with van der Waals surface area (Å²) in [5, 5.41) is 1.25. The van der Waals surface area contributed by atoms with Crippen LogP contribution in [0.5, 0.6) is 0 Å². The van der Waals surface area contributed by atoms with Gasteiger partial charge in [-0.05, 0) is 16.8 Å². The van der Waals surface area contributed by atoms with Gasteiger partial charge in [-0.1, -0.05) is 30.3 Å². The van der Waals surface area contributed by atoms with Gasteiger partial charge in [-0.25, -0.2) is 0 Å². The van der Waals surface area contributed by atoms with E-state index in [9.17, 15) is 13.2 Å². The lowest BCUT2D eigenvalue weighted by Crippen LogP contribution is -2.03. The second-order valence-electron chi connectivity index (χ2n) is 3.29. The number of benzene rings is 2. The van der Waals surface area contributed by atoms with Gasteiger partial charge in [-0.2, -0.15) is 8.42 Å². The predicted octanol–water partition coefficient (Wildman–Crippen LogP) is 1.90. The van der Waals surface area contributed by atoms with Crippen LogP contribution in [0.4, 0.5) is 0 Å². The first-order valence-electron chi connectivity index (χ1n) is 4.48. The van der Waals surface area contributed by atoms with E-state index in [-0.39, 0.29) is 10.5 Å². The smallest absolute Gasteiger partial charge is 0.295 e. The molecular weight excluding hydrogens is 228 g/mol. The standard InChI is InChI=1S/C11H8O4S/c12-7-10-9-4-2-1-3-8(9)5-6-11(10)16(13,14)15/h1-7H,(H,13,14,15). The number of rotatable bonds is 2. The average molecular weight is 236 g/mol. The Bertz CT molecular complexity index is 659. The van der Waals surface area contributed by atoms with Crippen molar-refractivity contribution < 1.29 is 17.8 Å².